The lowest BCUT2D eigenvalue weighted by Gasteiger charge is -2.48. The number of carboxylic acid groups (broad SMARTS) is 1. The highest BCUT2D eigenvalue weighted by molar-refractivity contribution is 7.90. The Kier molecular flexibility index (Phi) is 6.99. The largest absolute Gasteiger partial charge is 0.465 e. The molecule has 0 radical (unpaired) electrons. The maximum absolute atomic E-state index is 14.8. The van der Waals surface area contributed by atoms with Gasteiger partial charge in [0.2, 0.25) is 0 Å². The van der Waals surface area contributed by atoms with Gasteiger partial charge in [0.05, 0.1) is 24.9 Å². The van der Waals surface area contributed by atoms with E-state index in [9.17, 15) is 27.1 Å². The van der Waals surface area contributed by atoms with Gasteiger partial charge in [-0.3, -0.25) is 9.80 Å². The summed E-state index contributed by atoms with van der Waals surface area (Å²) in [5.41, 5.74) is 0.545. The van der Waals surface area contributed by atoms with E-state index in [-0.39, 0.29) is 24.8 Å². The lowest BCUT2D eigenvalue weighted by Crippen LogP contribution is -2.58. The van der Waals surface area contributed by atoms with E-state index >= 15 is 0 Å². The summed E-state index contributed by atoms with van der Waals surface area (Å²) in [6, 6.07) is 2.04. The fraction of sp³-hybridized carbons (Fsp3) is 0.600. The highest BCUT2D eigenvalue weighted by Crippen LogP contribution is 2.39. The molecule has 2 aromatic rings. The molecule has 5 rings (SSSR count). The molecule has 1 amide bonds. The average Bonchev–Trinajstić information content (AvgIpc) is 3.57. The predicted molar refractivity (Wildman–Crippen MR) is 132 cm³/mol. The molecule has 1 aromatic heterocycles. The number of nitrogens with zero attached hydrogens (tertiary/aromatic N) is 4. The number of ether oxygens (including phenoxy) is 2. The molecule has 3 aliphatic rings. The second kappa shape index (κ2) is 9.85. The van der Waals surface area contributed by atoms with Crippen molar-refractivity contribution in [1.29, 1.82) is 0 Å². The van der Waals surface area contributed by atoms with Gasteiger partial charge in [-0.05, 0) is 51.8 Å². The zero-order valence-electron chi connectivity index (χ0n) is 21.5. The number of hydrogen-bond acceptors (Lipinski definition) is 7. The summed E-state index contributed by atoms with van der Waals surface area (Å²) in [6.45, 7) is 6.73. The highest BCUT2D eigenvalue weighted by atomic mass is 32.2. The minimum absolute atomic E-state index is 0.0222. The van der Waals surface area contributed by atoms with Gasteiger partial charge >= 0.3 is 6.09 Å². The number of hydrogen-bond donors (Lipinski definition) is 1. The maximum Gasteiger partial charge on any atom is 0.408 e. The van der Waals surface area contributed by atoms with Gasteiger partial charge in [-0.2, -0.15) is 9.19 Å². The van der Waals surface area contributed by atoms with E-state index in [0.717, 1.165) is 27.8 Å². The van der Waals surface area contributed by atoms with Gasteiger partial charge < -0.3 is 14.6 Å². The summed E-state index contributed by atoms with van der Waals surface area (Å²) >= 11 is 0. The Labute approximate surface area is 220 Å². The molecule has 2 fully saturated rings. The summed E-state index contributed by atoms with van der Waals surface area (Å²) in [6.07, 6.45) is 0.0987. The number of fused-ring (bicyclic) bond motifs is 1. The SMILES string of the molecule is CC(C)(C)N(C(=O)O)[C@H]1C[C@@H](N2Cc3cn(S(=O)(=O)[C@H]4CCOC4)nc3C2)CO[C@@H]1c1cc(F)ccc1F. The molecule has 0 bridgehead atoms. The minimum Gasteiger partial charge on any atom is -0.465 e. The Bertz CT molecular complexity index is 1300. The van der Waals surface area contributed by atoms with Crippen LogP contribution in [-0.2, 0) is 32.6 Å². The molecule has 0 spiro atoms. The molecule has 13 heteroatoms. The van der Waals surface area contributed by atoms with Crippen molar-refractivity contribution in [2.75, 3.05) is 19.8 Å². The lowest BCUT2D eigenvalue weighted by atomic mass is 9.88. The van der Waals surface area contributed by atoms with Gasteiger partial charge in [0, 0.05) is 48.6 Å². The molecule has 1 aromatic carbocycles. The Hall–Kier alpha value is -2.61. The van der Waals surface area contributed by atoms with Crippen LogP contribution in [0.3, 0.4) is 0 Å². The van der Waals surface area contributed by atoms with Crippen molar-refractivity contribution < 1.29 is 36.6 Å². The summed E-state index contributed by atoms with van der Waals surface area (Å²) in [4.78, 5) is 15.7. The molecule has 2 saturated heterocycles. The van der Waals surface area contributed by atoms with Crippen molar-refractivity contribution >= 4 is 16.1 Å². The van der Waals surface area contributed by atoms with Crippen LogP contribution in [0.1, 0.15) is 56.5 Å². The van der Waals surface area contributed by atoms with Gasteiger partial charge in [-0.1, -0.05) is 0 Å². The number of halogens is 2. The Morgan fingerprint density at radius 1 is 1.21 bits per heavy atom. The van der Waals surface area contributed by atoms with E-state index in [1.165, 1.54) is 11.1 Å². The predicted octanol–water partition coefficient (Wildman–Crippen LogP) is 3.12. The quantitative estimate of drug-likeness (QED) is 0.600. The second-order valence-corrected chi connectivity index (χ2v) is 13.2. The first-order valence-electron chi connectivity index (χ1n) is 12.6. The van der Waals surface area contributed by atoms with Crippen LogP contribution in [-0.4, -0.2) is 81.3 Å². The first-order chi connectivity index (χ1) is 17.9. The van der Waals surface area contributed by atoms with E-state index < -0.39 is 50.7 Å². The van der Waals surface area contributed by atoms with Gasteiger partial charge in [-0.15, -0.1) is 0 Å². The summed E-state index contributed by atoms with van der Waals surface area (Å²) < 4.78 is 67.0. The first-order valence-corrected chi connectivity index (χ1v) is 14.1. The Morgan fingerprint density at radius 3 is 2.61 bits per heavy atom. The minimum atomic E-state index is -3.65. The molecule has 38 heavy (non-hydrogen) atoms. The third-order valence-corrected chi connectivity index (χ3v) is 9.45. The van der Waals surface area contributed by atoms with E-state index in [1.54, 1.807) is 20.8 Å². The molecule has 0 aliphatic carbocycles. The van der Waals surface area contributed by atoms with Crippen LogP contribution in [0.15, 0.2) is 24.4 Å². The van der Waals surface area contributed by atoms with Crippen LogP contribution in [0.5, 0.6) is 0 Å². The Balaban J connectivity index is 1.38. The van der Waals surface area contributed by atoms with Crippen molar-refractivity contribution in [3.8, 4) is 0 Å². The standard InChI is InChI=1S/C25H32F2N4O6S/c1-25(2,3)31(24(32)33)22-9-17(13-37-23(22)19-8-16(26)4-5-20(19)27)29-10-15-11-30(28-21(15)12-29)38(34,35)18-6-7-36-14-18/h4-5,8,11,17-18,22-23H,6-7,9-10,12-14H2,1-3H3,(H,32,33)/t17-,18+,22+,23-/m1/s1. The van der Waals surface area contributed by atoms with Gasteiger partial charge in [-0.25, -0.2) is 22.0 Å². The lowest BCUT2D eigenvalue weighted by molar-refractivity contribution is -0.102. The molecule has 0 unspecified atom stereocenters. The molecule has 3 aliphatic heterocycles. The van der Waals surface area contributed by atoms with Crippen LogP contribution < -0.4 is 0 Å². The van der Waals surface area contributed by atoms with E-state index in [4.69, 9.17) is 9.47 Å². The van der Waals surface area contributed by atoms with Crippen LogP contribution in [0.2, 0.25) is 0 Å². The van der Waals surface area contributed by atoms with Crippen molar-refractivity contribution in [3.05, 3.63) is 52.9 Å². The van der Waals surface area contributed by atoms with E-state index in [0.29, 0.717) is 38.2 Å². The van der Waals surface area contributed by atoms with Crippen LogP contribution in [0, 0.1) is 11.6 Å². The average molecular weight is 555 g/mol. The van der Waals surface area contributed by atoms with Gasteiger partial charge in [0.1, 0.15) is 23.0 Å². The smallest absolute Gasteiger partial charge is 0.408 e. The molecule has 4 atom stereocenters. The highest BCUT2D eigenvalue weighted by Gasteiger charge is 2.46. The first kappa shape index (κ1) is 27.0. The maximum atomic E-state index is 14.8. The number of rotatable bonds is 5. The summed E-state index contributed by atoms with van der Waals surface area (Å²) in [5.74, 6) is -1.30. The van der Waals surface area contributed by atoms with Crippen LogP contribution >= 0.6 is 0 Å². The normalized spacial score (nSPS) is 26.4. The molecule has 4 heterocycles. The molecule has 208 valence electrons. The zero-order chi connectivity index (χ0) is 27.4. The molecule has 0 saturated carbocycles. The molecular formula is C25H32F2N4O6S. The molecule has 1 N–H and O–H groups in total. The molecular weight excluding hydrogens is 522 g/mol. The number of carbonyl (C=O) groups is 1. The van der Waals surface area contributed by atoms with Crippen LogP contribution in [0.4, 0.5) is 13.6 Å². The monoisotopic (exact) mass is 554 g/mol. The third kappa shape index (κ3) is 4.92. The summed E-state index contributed by atoms with van der Waals surface area (Å²) in [5, 5.41) is 13.9. The van der Waals surface area contributed by atoms with Crippen molar-refractivity contribution in [3.63, 3.8) is 0 Å². The second-order valence-electron chi connectivity index (χ2n) is 11.1. The van der Waals surface area contributed by atoms with Gasteiger partial charge in [0.25, 0.3) is 10.0 Å². The van der Waals surface area contributed by atoms with Crippen molar-refractivity contribution in [2.24, 2.45) is 0 Å². The fourth-order valence-electron chi connectivity index (χ4n) is 5.69. The topological polar surface area (TPSA) is 114 Å². The Morgan fingerprint density at radius 2 is 1.97 bits per heavy atom. The van der Waals surface area contributed by atoms with Gasteiger partial charge in [0.15, 0.2) is 0 Å². The van der Waals surface area contributed by atoms with Crippen molar-refractivity contribution in [2.45, 2.75) is 75.7 Å². The van der Waals surface area contributed by atoms with E-state index in [2.05, 4.69) is 10.00 Å². The fourth-order valence-corrected chi connectivity index (χ4v) is 7.14. The number of aromatic nitrogens is 2. The van der Waals surface area contributed by atoms with Crippen LogP contribution in [0.25, 0.3) is 0 Å². The number of amides is 1. The zero-order valence-corrected chi connectivity index (χ0v) is 22.3. The number of benzene rings is 1. The summed E-state index contributed by atoms with van der Waals surface area (Å²) in [7, 11) is -3.65. The van der Waals surface area contributed by atoms with E-state index in [1.807, 2.05) is 0 Å². The van der Waals surface area contributed by atoms with Crippen molar-refractivity contribution in [1.82, 2.24) is 19.0 Å². The molecule has 10 nitrogen and oxygen atoms in total. The third-order valence-electron chi connectivity index (χ3n) is 7.52.